The quantitative estimate of drug-likeness (QED) is 0.861. The molecule has 0 spiro atoms. The van der Waals surface area contributed by atoms with E-state index in [9.17, 15) is 5.11 Å². The van der Waals surface area contributed by atoms with Crippen molar-refractivity contribution >= 4 is 0 Å². The zero-order valence-corrected chi connectivity index (χ0v) is 11.1. The van der Waals surface area contributed by atoms with Gasteiger partial charge in [0, 0.05) is 0 Å². The summed E-state index contributed by atoms with van der Waals surface area (Å²) in [6.45, 7) is 3.66. The van der Waals surface area contributed by atoms with Crippen molar-refractivity contribution in [1.82, 2.24) is 0 Å². The molecule has 98 valence electrons. The van der Waals surface area contributed by atoms with E-state index in [0.29, 0.717) is 6.61 Å². The molecule has 1 saturated carbocycles. The minimum absolute atomic E-state index is 0.0615. The van der Waals surface area contributed by atoms with E-state index in [-0.39, 0.29) is 11.5 Å². The molecule has 0 saturated heterocycles. The topological polar surface area (TPSA) is 29.5 Å². The van der Waals surface area contributed by atoms with Gasteiger partial charge in [-0.05, 0) is 34.9 Å². The molecule has 1 atom stereocenters. The van der Waals surface area contributed by atoms with Gasteiger partial charge in [-0.3, -0.25) is 0 Å². The molecule has 1 heterocycles. The highest BCUT2D eigenvalue weighted by Crippen LogP contribution is 2.45. The van der Waals surface area contributed by atoms with Crippen molar-refractivity contribution in [3.8, 4) is 0 Å². The minimum Gasteiger partial charge on any atom is -0.388 e. The highest BCUT2D eigenvalue weighted by atomic mass is 16.5. The van der Waals surface area contributed by atoms with Crippen molar-refractivity contribution in [3.05, 3.63) is 34.9 Å². The first-order chi connectivity index (χ1) is 8.69. The van der Waals surface area contributed by atoms with Crippen molar-refractivity contribution in [2.24, 2.45) is 5.41 Å². The molecule has 1 aliphatic carbocycles. The lowest BCUT2D eigenvalue weighted by atomic mass is 9.70. The van der Waals surface area contributed by atoms with E-state index in [1.807, 2.05) is 0 Å². The second-order valence-corrected chi connectivity index (χ2v) is 6.14. The summed E-state index contributed by atoms with van der Waals surface area (Å²) in [7, 11) is 0. The number of fused-ring (bicyclic) bond motifs is 1. The first kappa shape index (κ1) is 12.2. The van der Waals surface area contributed by atoms with E-state index >= 15 is 0 Å². The van der Waals surface area contributed by atoms with E-state index < -0.39 is 0 Å². The normalized spacial score (nSPS) is 23.7. The Bertz CT molecular complexity index is 433. The maximum absolute atomic E-state index is 10.7. The molecular formula is C16H22O2. The average Bonchev–Trinajstić information content (AvgIpc) is 2.86. The van der Waals surface area contributed by atoms with Gasteiger partial charge >= 0.3 is 0 Å². The summed E-state index contributed by atoms with van der Waals surface area (Å²) in [5.41, 5.74) is 3.67. The SMILES string of the molecule is CC1(C(O)c2ccc3c(c2)COC3)CCCCC1. The fourth-order valence-electron chi connectivity index (χ4n) is 3.40. The van der Waals surface area contributed by atoms with Gasteiger partial charge in [-0.1, -0.05) is 44.4 Å². The maximum atomic E-state index is 10.7. The third kappa shape index (κ3) is 2.08. The Kier molecular flexibility index (Phi) is 3.16. The summed E-state index contributed by atoms with van der Waals surface area (Å²) < 4.78 is 5.44. The smallest absolute Gasteiger partial charge is 0.0843 e. The summed E-state index contributed by atoms with van der Waals surface area (Å²) in [4.78, 5) is 0. The van der Waals surface area contributed by atoms with Gasteiger partial charge in [-0.2, -0.15) is 0 Å². The predicted octanol–water partition coefficient (Wildman–Crippen LogP) is 3.72. The highest BCUT2D eigenvalue weighted by Gasteiger charge is 2.35. The Morgan fingerprint density at radius 1 is 1.11 bits per heavy atom. The summed E-state index contributed by atoms with van der Waals surface area (Å²) in [5.74, 6) is 0. The van der Waals surface area contributed by atoms with Crippen LogP contribution in [0.2, 0.25) is 0 Å². The number of benzene rings is 1. The molecular weight excluding hydrogens is 224 g/mol. The average molecular weight is 246 g/mol. The molecule has 1 aromatic rings. The molecule has 1 aromatic carbocycles. The van der Waals surface area contributed by atoms with Crippen LogP contribution in [0, 0.1) is 5.41 Å². The van der Waals surface area contributed by atoms with Gasteiger partial charge in [0.1, 0.15) is 0 Å². The lowest BCUT2D eigenvalue weighted by Crippen LogP contribution is -2.28. The summed E-state index contributed by atoms with van der Waals surface area (Å²) in [6, 6.07) is 6.35. The Hall–Kier alpha value is -0.860. The van der Waals surface area contributed by atoms with Crippen LogP contribution in [0.1, 0.15) is 61.8 Å². The van der Waals surface area contributed by atoms with Crippen LogP contribution in [0.15, 0.2) is 18.2 Å². The van der Waals surface area contributed by atoms with Gasteiger partial charge in [0.15, 0.2) is 0 Å². The molecule has 2 heteroatoms. The predicted molar refractivity (Wildman–Crippen MR) is 71.1 cm³/mol. The zero-order valence-electron chi connectivity index (χ0n) is 11.1. The maximum Gasteiger partial charge on any atom is 0.0843 e. The van der Waals surface area contributed by atoms with Gasteiger partial charge < -0.3 is 9.84 Å². The highest BCUT2D eigenvalue weighted by molar-refractivity contribution is 5.34. The van der Waals surface area contributed by atoms with Crippen LogP contribution in [-0.2, 0) is 18.0 Å². The third-order valence-electron chi connectivity index (χ3n) is 4.72. The van der Waals surface area contributed by atoms with Gasteiger partial charge in [-0.25, -0.2) is 0 Å². The molecule has 0 aromatic heterocycles. The van der Waals surface area contributed by atoms with Crippen LogP contribution < -0.4 is 0 Å². The van der Waals surface area contributed by atoms with Crippen LogP contribution in [0.25, 0.3) is 0 Å². The molecule has 2 aliphatic rings. The Morgan fingerprint density at radius 2 is 1.83 bits per heavy atom. The summed E-state index contributed by atoms with van der Waals surface area (Å²) >= 11 is 0. The zero-order chi connectivity index (χ0) is 12.6. The molecule has 2 nitrogen and oxygen atoms in total. The molecule has 0 amide bonds. The molecule has 1 unspecified atom stereocenters. The van der Waals surface area contributed by atoms with E-state index in [2.05, 4.69) is 25.1 Å². The minimum atomic E-state index is -0.330. The van der Waals surface area contributed by atoms with Crippen LogP contribution in [-0.4, -0.2) is 5.11 Å². The van der Waals surface area contributed by atoms with Crippen LogP contribution in [0.3, 0.4) is 0 Å². The standard InChI is InChI=1S/C16H22O2/c1-16(7-3-2-4-8-16)15(17)12-5-6-13-10-18-11-14(13)9-12/h5-6,9,15,17H,2-4,7-8,10-11H2,1H3. The molecule has 3 rings (SSSR count). The Morgan fingerprint density at radius 3 is 2.61 bits per heavy atom. The Labute approximate surface area is 109 Å². The largest absolute Gasteiger partial charge is 0.388 e. The van der Waals surface area contributed by atoms with Gasteiger partial charge in [0.2, 0.25) is 0 Å². The number of aliphatic hydroxyl groups is 1. The fraction of sp³-hybridized carbons (Fsp3) is 0.625. The Balaban J connectivity index is 1.85. The number of hydrogen-bond acceptors (Lipinski definition) is 2. The second kappa shape index (κ2) is 4.67. The van der Waals surface area contributed by atoms with Gasteiger partial charge in [-0.15, -0.1) is 0 Å². The molecule has 18 heavy (non-hydrogen) atoms. The molecule has 1 fully saturated rings. The van der Waals surface area contributed by atoms with E-state index in [4.69, 9.17) is 4.74 Å². The van der Waals surface area contributed by atoms with Crippen LogP contribution in [0.5, 0.6) is 0 Å². The number of ether oxygens (including phenoxy) is 1. The summed E-state index contributed by atoms with van der Waals surface area (Å²) in [5, 5.41) is 10.7. The lowest BCUT2D eigenvalue weighted by molar-refractivity contribution is 0.00812. The van der Waals surface area contributed by atoms with Gasteiger partial charge in [0.05, 0.1) is 19.3 Å². The monoisotopic (exact) mass is 246 g/mol. The third-order valence-corrected chi connectivity index (χ3v) is 4.72. The second-order valence-electron chi connectivity index (χ2n) is 6.14. The van der Waals surface area contributed by atoms with Crippen molar-refractivity contribution in [3.63, 3.8) is 0 Å². The molecule has 0 bridgehead atoms. The van der Waals surface area contributed by atoms with Crippen molar-refractivity contribution in [2.75, 3.05) is 0 Å². The van der Waals surface area contributed by atoms with E-state index in [0.717, 1.165) is 25.0 Å². The van der Waals surface area contributed by atoms with Crippen LogP contribution >= 0.6 is 0 Å². The number of rotatable bonds is 2. The number of hydrogen-bond donors (Lipinski definition) is 1. The van der Waals surface area contributed by atoms with E-state index in [1.165, 1.54) is 30.4 Å². The number of aliphatic hydroxyl groups excluding tert-OH is 1. The van der Waals surface area contributed by atoms with Crippen molar-refractivity contribution < 1.29 is 9.84 Å². The van der Waals surface area contributed by atoms with Gasteiger partial charge in [0.25, 0.3) is 0 Å². The first-order valence-electron chi connectivity index (χ1n) is 7.07. The lowest BCUT2D eigenvalue weighted by Gasteiger charge is -2.38. The summed E-state index contributed by atoms with van der Waals surface area (Å²) in [6.07, 6.45) is 5.77. The molecule has 1 aliphatic heterocycles. The van der Waals surface area contributed by atoms with Crippen molar-refractivity contribution in [2.45, 2.75) is 58.3 Å². The van der Waals surface area contributed by atoms with Crippen LogP contribution in [0.4, 0.5) is 0 Å². The van der Waals surface area contributed by atoms with Crippen molar-refractivity contribution in [1.29, 1.82) is 0 Å². The molecule has 0 radical (unpaired) electrons. The fourth-order valence-corrected chi connectivity index (χ4v) is 3.40. The first-order valence-corrected chi connectivity index (χ1v) is 7.07. The molecule has 1 N–H and O–H groups in total. The van der Waals surface area contributed by atoms with E-state index in [1.54, 1.807) is 0 Å².